The van der Waals surface area contributed by atoms with Crippen LogP contribution in [-0.4, -0.2) is 22.6 Å². The van der Waals surface area contributed by atoms with Crippen LogP contribution >= 0.6 is 0 Å². The van der Waals surface area contributed by atoms with Gasteiger partial charge in [-0.2, -0.15) is 5.26 Å². The van der Waals surface area contributed by atoms with E-state index in [-0.39, 0.29) is 6.04 Å². The van der Waals surface area contributed by atoms with Crippen LogP contribution in [0, 0.1) is 18.3 Å². The molecule has 1 aliphatic rings. The summed E-state index contributed by atoms with van der Waals surface area (Å²) in [4.78, 5) is 9.93. The lowest BCUT2D eigenvalue weighted by Gasteiger charge is -2.18. The molecule has 1 aliphatic heterocycles. The van der Waals surface area contributed by atoms with E-state index in [1.807, 2.05) is 13.0 Å². The third-order valence-electron chi connectivity index (χ3n) is 4.76. The Morgan fingerprint density at radius 2 is 2.25 bits per heavy atom. The molecule has 0 unspecified atom stereocenters. The van der Waals surface area contributed by atoms with E-state index in [1.54, 1.807) is 0 Å². The van der Waals surface area contributed by atoms with Gasteiger partial charge in [-0.15, -0.1) is 0 Å². The van der Waals surface area contributed by atoms with Gasteiger partial charge < -0.3 is 14.3 Å². The lowest BCUT2D eigenvalue weighted by molar-refractivity contribution is 0.486. The Morgan fingerprint density at radius 3 is 3.12 bits per heavy atom. The molecule has 122 valence electrons. The summed E-state index contributed by atoms with van der Waals surface area (Å²) in [5.41, 5.74) is 3.32. The van der Waals surface area contributed by atoms with Crippen molar-refractivity contribution >= 4 is 16.8 Å². The minimum absolute atomic E-state index is 0.0851. The Hall–Kier alpha value is -2.74. The molecule has 0 aliphatic carbocycles. The SMILES string of the molecule is Cc1nc(CCc2c[nH]c3ccccc23)oc1N1CCC[C@H]1C#N. The fraction of sp³-hybridized carbons (Fsp3) is 0.368. The molecule has 0 spiro atoms. The predicted octanol–water partition coefficient (Wildman–Crippen LogP) is 3.74. The van der Waals surface area contributed by atoms with Gasteiger partial charge >= 0.3 is 0 Å². The molecule has 1 fully saturated rings. The summed E-state index contributed by atoms with van der Waals surface area (Å²) >= 11 is 0. The van der Waals surface area contributed by atoms with Gasteiger partial charge in [0.25, 0.3) is 0 Å². The van der Waals surface area contributed by atoms with Crippen LogP contribution in [0.3, 0.4) is 0 Å². The van der Waals surface area contributed by atoms with Crippen molar-refractivity contribution in [3.63, 3.8) is 0 Å². The average molecular weight is 320 g/mol. The number of benzene rings is 1. The smallest absolute Gasteiger partial charge is 0.220 e. The van der Waals surface area contributed by atoms with Gasteiger partial charge in [-0.25, -0.2) is 4.98 Å². The molecular formula is C19H20N4O. The predicted molar refractivity (Wildman–Crippen MR) is 92.9 cm³/mol. The third-order valence-corrected chi connectivity index (χ3v) is 4.76. The molecule has 3 heterocycles. The van der Waals surface area contributed by atoms with Crippen molar-refractivity contribution in [2.24, 2.45) is 0 Å². The lowest BCUT2D eigenvalue weighted by atomic mass is 10.1. The van der Waals surface area contributed by atoms with Crippen molar-refractivity contribution in [3.05, 3.63) is 47.6 Å². The summed E-state index contributed by atoms with van der Waals surface area (Å²) in [6.45, 7) is 2.83. The summed E-state index contributed by atoms with van der Waals surface area (Å²) in [6, 6.07) is 10.6. The normalized spacial score (nSPS) is 17.5. The summed E-state index contributed by atoms with van der Waals surface area (Å²) in [7, 11) is 0. The Balaban J connectivity index is 1.52. The first-order valence-electron chi connectivity index (χ1n) is 8.44. The van der Waals surface area contributed by atoms with E-state index in [0.717, 1.165) is 55.2 Å². The molecule has 1 atom stereocenters. The van der Waals surface area contributed by atoms with Crippen molar-refractivity contribution in [1.82, 2.24) is 9.97 Å². The second-order valence-corrected chi connectivity index (χ2v) is 6.34. The molecule has 0 saturated carbocycles. The number of para-hydroxylation sites is 1. The van der Waals surface area contributed by atoms with Crippen molar-refractivity contribution < 1.29 is 4.42 Å². The van der Waals surface area contributed by atoms with Gasteiger partial charge in [0.15, 0.2) is 5.89 Å². The van der Waals surface area contributed by atoms with E-state index in [9.17, 15) is 5.26 Å². The molecular weight excluding hydrogens is 300 g/mol. The molecule has 4 rings (SSSR count). The highest BCUT2D eigenvalue weighted by atomic mass is 16.4. The monoisotopic (exact) mass is 320 g/mol. The number of fused-ring (bicyclic) bond motifs is 1. The number of rotatable bonds is 4. The maximum absolute atomic E-state index is 9.27. The summed E-state index contributed by atoms with van der Waals surface area (Å²) < 4.78 is 5.99. The summed E-state index contributed by atoms with van der Waals surface area (Å²) in [5, 5.41) is 10.5. The van der Waals surface area contributed by atoms with Crippen LogP contribution in [0.2, 0.25) is 0 Å². The van der Waals surface area contributed by atoms with Crippen LogP contribution < -0.4 is 4.90 Å². The number of aromatic nitrogens is 2. The van der Waals surface area contributed by atoms with Gasteiger partial charge in [0.05, 0.1) is 6.07 Å². The maximum atomic E-state index is 9.27. The number of anilines is 1. The highest BCUT2D eigenvalue weighted by Crippen LogP contribution is 2.29. The van der Waals surface area contributed by atoms with Gasteiger partial charge in [-0.05, 0) is 37.8 Å². The second-order valence-electron chi connectivity index (χ2n) is 6.34. The van der Waals surface area contributed by atoms with Gasteiger partial charge in [-0.3, -0.25) is 0 Å². The standard InChI is InChI=1S/C19H20N4O/c1-13-19(23-10-4-5-15(23)11-20)24-18(22-13)9-8-14-12-21-17-7-3-2-6-16(14)17/h2-3,6-7,12,15,21H,4-5,8-10H2,1H3/t15-/m0/s1. The Labute approximate surface area is 140 Å². The van der Waals surface area contributed by atoms with Crippen molar-refractivity contribution in [3.8, 4) is 6.07 Å². The first kappa shape index (κ1) is 14.8. The minimum atomic E-state index is -0.0851. The number of nitriles is 1. The second kappa shape index (κ2) is 6.04. The van der Waals surface area contributed by atoms with Crippen LogP contribution in [0.5, 0.6) is 0 Å². The Morgan fingerprint density at radius 1 is 1.38 bits per heavy atom. The third kappa shape index (κ3) is 2.54. The number of nitrogens with one attached hydrogen (secondary N) is 1. The molecule has 2 aromatic heterocycles. The number of oxazole rings is 1. The highest BCUT2D eigenvalue weighted by Gasteiger charge is 2.28. The van der Waals surface area contributed by atoms with Crippen molar-refractivity contribution in [1.29, 1.82) is 5.26 Å². The van der Waals surface area contributed by atoms with Crippen LogP contribution in [0.25, 0.3) is 10.9 Å². The van der Waals surface area contributed by atoms with Crippen molar-refractivity contribution in [2.45, 2.75) is 38.6 Å². The topological polar surface area (TPSA) is 68.8 Å². The number of aryl methyl sites for hydroxylation is 3. The van der Waals surface area contributed by atoms with E-state index in [2.05, 4.69) is 45.3 Å². The van der Waals surface area contributed by atoms with E-state index in [1.165, 1.54) is 10.9 Å². The fourth-order valence-corrected chi connectivity index (χ4v) is 3.54. The first-order valence-corrected chi connectivity index (χ1v) is 8.44. The molecule has 5 nitrogen and oxygen atoms in total. The summed E-state index contributed by atoms with van der Waals surface area (Å²) in [5.74, 6) is 1.52. The Bertz CT molecular complexity index is 902. The molecule has 1 aromatic carbocycles. The van der Waals surface area contributed by atoms with E-state index in [0.29, 0.717) is 0 Å². The van der Waals surface area contributed by atoms with Crippen LogP contribution in [-0.2, 0) is 12.8 Å². The highest BCUT2D eigenvalue weighted by molar-refractivity contribution is 5.83. The molecule has 1 N–H and O–H groups in total. The van der Waals surface area contributed by atoms with Crippen LogP contribution in [0.15, 0.2) is 34.9 Å². The molecule has 5 heteroatoms. The number of aromatic amines is 1. The quantitative estimate of drug-likeness (QED) is 0.795. The molecule has 1 saturated heterocycles. The van der Waals surface area contributed by atoms with Gasteiger partial charge in [0.2, 0.25) is 5.88 Å². The van der Waals surface area contributed by atoms with Gasteiger partial charge in [-0.1, -0.05) is 18.2 Å². The van der Waals surface area contributed by atoms with E-state index >= 15 is 0 Å². The number of hydrogen-bond donors (Lipinski definition) is 1. The van der Waals surface area contributed by atoms with E-state index in [4.69, 9.17) is 4.42 Å². The number of hydrogen-bond acceptors (Lipinski definition) is 4. The fourth-order valence-electron chi connectivity index (χ4n) is 3.54. The zero-order valence-electron chi connectivity index (χ0n) is 13.7. The molecule has 0 amide bonds. The van der Waals surface area contributed by atoms with Crippen LogP contribution in [0.4, 0.5) is 5.88 Å². The first-order chi connectivity index (χ1) is 11.8. The molecule has 0 radical (unpaired) electrons. The average Bonchev–Trinajstić information content (AvgIpc) is 3.30. The molecule has 24 heavy (non-hydrogen) atoms. The maximum Gasteiger partial charge on any atom is 0.220 e. The zero-order chi connectivity index (χ0) is 16.5. The minimum Gasteiger partial charge on any atom is -0.425 e. The summed E-state index contributed by atoms with van der Waals surface area (Å²) in [6.07, 6.45) is 5.64. The lowest BCUT2D eigenvalue weighted by Crippen LogP contribution is -2.27. The molecule has 3 aromatic rings. The largest absolute Gasteiger partial charge is 0.425 e. The Kier molecular flexibility index (Phi) is 3.73. The van der Waals surface area contributed by atoms with Crippen molar-refractivity contribution in [2.75, 3.05) is 11.4 Å². The zero-order valence-corrected chi connectivity index (χ0v) is 13.7. The molecule has 0 bridgehead atoms. The van der Waals surface area contributed by atoms with E-state index < -0.39 is 0 Å². The van der Waals surface area contributed by atoms with Crippen LogP contribution in [0.1, 0.15) is 30.0 Å². The van der Waals surface area contributed by atoms with Gasteiger partial charge in [0, 0.05) is 30.1 Å². The van der Waals surface area contributed by atoms with Gasteiger partial charge in [0.1, 0.15) is 11.7 Å². The number of nitrogens with zero attached hydrogens (tertiary/aromatic N) is 3. The number of H-pyrrole nitrogens is 1.